The van der Waals surface area contributed by atoms with Crippen molar-refractivity contribution in [2.24, 2.45) is 4.99 Å². The van der Waals surface area contributed by atoms with Crippen molar-refractivity contribution in [3.8, 4) is 11.3 Å². The Bertz CT molecular complexity index is 1110. The van der Waals surface area contributed by atoms with E-state index >= 15 is 0 Å². The maximum Gasteiger partial charge on any atom is 0.363 e. The van der Waals surface area contributed by atoms with Crippen LogP contribution in [0, 0.1) is 6.92 Å². The van der Waals surface area contributed by atoms with E-state index in [-0.39, 0.29) is 5.70 Å². The summed E-state index contributed by atoms with van der Waals surface area (Å²) in [7, 11) is 0. The van der Waals surface area contributed by atoms with Crippen LogP contribution in [0.25, 0.3) is 17.4 Å². The minimum atomic E-state index is -0.513. The first-order chi connectivity index (χ1) is 13.0. The average molecular weight is 398 g/mol. The molecule has 0 aliphatic carbocycles. The van der Waals surface area contributed by atoms with Crippen LogP contribution in [0.5, 0.6) is 0 Å². The van der Waals surface area contributed by atoms with Crippen molar-refractivity contribution in [2.75, 3.05) is 0 Å². The Morgan fingerprint density at radius 2 is 1.81 bits per heavy atom. The molecule has 6 heteroatoms. The van der Waals surface area contributed by atoms with Crippen LogP contribution in [0.2, 0.25) is 10.0 Å². The summed E-state index contributed by atoms with van der Waals surface area (Å²) >= 11 is 12.0. The number of benzene rings is 2. The molecule has 1 aromatic heterocycles. The molecule has 4 rings (SSSR count). The molecule has 0 unspecified atom stereocenters. The second-order valence-electron chi connectivity index (χ2n) is 5.98. The molecule has 0 fully saturated rings. The monoisotopic (exact) mass is 397 g/mol. The van der Waals surface area contributed by atoms with Crippen molar-refractivity contribution in [1.82, 2.24) is 0 Å². The van der Waals surface area contributed by atoms with Gasteiger partial charge in [0.15, 0.2) is 5.70 Å². The summed E-state index contributed by atoms with van der Waals surface area (Å²) in [5, 5.41) is 0.915. The summed E-state index contributed by atoms with van der Waals surface area (Å²) in [5.74, 6) is 0.869. The van der Waals surface area contributed by atoms with Gasteiger partial charge in [-0.2, -0.15) is 0 Å². The van der Waals surface area contributed by atoms with E-state index in [0.717, 1.165) is 16.7 Å². The second-order valence-corrected chi connectivity index (χ2v) is 6.80. The molecule has 134 valence electrons. The quantitative estimate of drug-likeness (QED) is 0.407. The highest BCUT2D eigenvalue weighted by Crippen LogP contribution is 2.30. The molecular formula is C21H13Cl2NO3. The maximum atomic E-state index is 12.2. The summed E-state index contributed by atoms with van der Waals surface area (Å²) in [4.78, 5) is 16.5. The van der Waals surface area contributed by atoms with Crippen molar-refractivity contribution in [1.29, 1.82) is 0 Å². The molecule has 0 radical (unpaired) electrons. The van der Waals surface area contributed by atoms with Gasteiger partial charge in [-0.05, 0) is 48.9 Å². The van der Waals surface area contributed by atoms with Crippen molar-refractivity contribution in [3.63, 3.8) is 0 Å². The SMILES string of the molecule is Cc1ccccc1C1=N/C(=C\c2ccc(-c3ccc(Cl)c(Cl)c3)o2)C(=O)O1. The Hall–Kier alpha value is -2.82. The minimum Gasteiger partial charge on any atom is -0.457 e. The van der Waals surface area contributed by atoms with E-state index in [4.69, 9.17) is 32.4 Å². The van der Waals surface area contributed by atoms with Crippen LogP contribution in [-0.4, -0.2) is 11.9 Å². The lowest BCUT2D eigenvalue weighted by atomic mass is 10.1. The summed E-state index contributed by atoms with van der Waals surface area (Å²) < 4.78 is 11.1. The third kappa shape index (κ3) is 3.54. The molecule has 0 bridgehead atoms. The van der Waals surface area contributed by atoms with Crippen molar-refractivity contribution < 1.29 is 13.9 Å². The Kier molecular flexibility index (Phi) is 4.60. The molecule has 0 N–H and O–H groups in total. The van der Waals surface area contributed by atoms with E-state index in [1.54, 1.807) is 30.3 Å². The maximum absolute atomic E-state index is 12.2. The Morgan fingerprint density at radius 3 is 2.59 bits per heavy atom. The van der Waals surface area contributed by atoms with Gasteiger partial charge in [0, 0.05) is 17.2 Å². The summed E-state index contributed by atoms with van der Waals surface area (Å²) in [6.07, 6.45) is 1.55. The molecule has 1 aliphatic heterocycles. The topological polar surface area (TPSA) is 51.8 Å². The van der Waals surface area contributed by atoms with Gasteiger partial charge in [-0.1, -0.05) is 41.4 Å². The predicted molar refractivity (Wildman–Crippen MR) is 106 cm³/mol. The second kappa shape index (κ2) is 7.06. The lowest BCUT2D eigenvalue weighted by Gasteiger charge is -2.02. The number of esters is 1. The van der Waals surface area contributed by atoms with Gasteiger partial charge < -0.3 is 9.15 Å². The van der Waals surface area contributed by atoms with Crippen LogP contribution >= 0.6 is 23.2 Å². The number of aliphatic imine (C=N–C) groups is 1. The zero-order valence-electron chi connectivity index (χ0n) is 14.2. The largest absolute Gasteiger partial charge is 0.457 e. The zero-order valence-corrected chi connectivity index (χ0v) is 15.7. The highest BCUT2D eigenvalue weighted by molar-refractivity contribution is 6.42. The molecule has 0 atom stereocenters. The third-order valence-electron chi connectivity index (χ3n) is 4.11. The van der Waals surface area contributed by atoms with Crippen molar-refractivity contribution >= 4 is 41.1 Å². The van der Waals surface area contributed by atoms with Crippen LogP contribution in [0.15, 0.2) is 69.7 Å². The fraction of sp³-hybridized carbons (Fsp3) is 0.0476. The van der Waals surface area contributed by atoms with Gasteiger partial charge >= 0.3 is 5.97 Å². The Labute approximate surface area is 165 Å². The van der Waals surface area contributed by atoms with E-state index in [9.17, 15) is 4.79 Å². The van der Waals surface area contributed by atoms with Gasteiger partial charge in [-0.3, -0.25) is 0 Å². The molecule has 2 aromatic carbocycles. The average Bonchev–Trinajstić information content (AvgIpc) is 3.25. The van der Waals surface area contributed by atoms with Crippen LogP contribution in [-0.2, 0) is 9.53 Å². The van der Waals surface area contributed by atoms with Crippen molar-refractivity contribution in [2.45, 2.75) is 6.92 Å². The third-order valence-corrected chi connectivity index (χ3v) is 4.84. The van der Waals surface area contributed by atoms with E-state index in [1.165, 1.54) is 0 Å². The van der Waals surface area contributed by atoms with Crippen LogP contribution in [0.3, 0.4) is 0 Å². The van der Waals surface area contributed by atoms with Crippen LogP contribution < -0.4 is 0 Å². The number of nitrogens with zero attached hydrogens (tertiary/aromatic N) is 1. The minimum absolute atomic E-state index is 0.184. The Balaban J connectivity index is 1.64. The number of halogens is 2. The number of cyclic esters (lactones) is 1. The highest BCUT2D eigenvalue weighted by atomic mass is 35.5. The molecule has 27 heavy (non-hydrogen) atoms. The van der Waals surface area contributed by atoms with E-state index in [2.05, 4.69) is 4.99 Å². The van der Waals surface area contributed by atoms with Gasteiger partial charge in [0.1, 0.15) is 11.5 Å². The molecule has 1 aliphatic rings. The number of ether oxygens (including phenoxy) is 1. The predicted octanol–water partition coefficient (Wildman–Crippen LogP) is 5.91. The smallest absolute Gasteiger partial charge is 0.363 e. The summed E-state index contributed by atoms with van der Waals surface area (Å²) in [6, 6.07) is 16.4. The Morgan fingerprint density at radius 1 is 1.00 bits per heavy atom. The fourth-order valence-electron chi connectivity index (χ4n) is 2.71. The number of hydrogen-bond acceptors (Lipinski definition) is 4. The van der Waals surface area contributed by atoms with Gasteiger partial charge in [-0.15, -0.1) is 0 Å². The molecular weight excluding hydrogens is 385 g/mol. The van der Waals surface area contributed by atoms with Gasteiger partial charge in [0.05, 0.1) is 10.0 Å². The zero-order chi connectivity index (χ0) is 19.0. The van der Waals surface area contributed by atoms with Crippen LogP contribution in [0.1, 0.15) is 16.9 Å². The standard InChI is InChI=1S/C21H13Cl2NO3/c1-12-4-2-3-5-15(12)20-24-18(21(25)27-20)11-14-7-9-19(26-14)13-6-8-16(22)17(23)10-13/h2-11H,1H3/b18-11-. The molecule has 0 saturated carbocycles. The number of furan rings is 1. The van der Waals surface area contributed by atoms with E-state index < -0.39 is 5.97 Å². The molecule has 2 heterocycles. The number of carbonyl (C=O) groups excluding carboxylic acids is 1. The van der Waals surface area contributed by atoms with E-state index in [0.29, 0.717) is 27.5 Å². The number of rotatable bonds is 3. The summed E-state index contributed by atoms with van der Waals surface area (Å²) in [6.45, 7) is 1.93. The molecule has 0 spiro atoms. The summed E-state index contributed by atoms with van der Waals surface area (Å²) in [5.41, 5.74) is 2.73. The van der Waals surface area contributed by atoms with Gasteiger partial charge in [-0.25, -0.2) is 9.79 Å². The lowest BCUT2D eigenvalue weighted by Crippen LogP contribution is -2.06. The number of hydrogen-bond donors (Lipinski definition) is 0. The molecule has 0 amide bonds. The number of aryl methyl sites for hydroxylation is 1. The van der Waals surface area contributed by atoms with Gasteiger partial charge in [0.2, 0.25) is 5.90 Å². The first-order valence-corrected chi connectivity index (χ1v) is 8.91. The van der Waals surface area contributed by atoms with Crippen LogP contribution in [0.4, 0.5) is 0 Å². The first-order valence-electron chi connectivity index (χ1n) is 8.15. The fourth-order valence-corrected chi connectivity index (χ4v) is 3.01. The molecule has 4 nitrogen and oxygen atoms in total. The normalized spacial score (nSPS) is 15.1. The lowest BCUT2D eigenvalue weighted by molar-refractivity contribution is -0.129. The van der Waals surface area contributed by atoms with Crippen molar-refractivity contribution in [3.05, 3.63) is 87.2 Å². The molecule has 3 aromatic rings. The van der Waals surface area contributed by atoms with E-state index in [1.807, 2.05) is 37.3 Å². The first kappa shape index (κ1) is 17.6. The van der Waals surface area contributed by atoms with Gasteiger partial charge in [0.25, 0.3) is 0 Å². The highest BCUT2D eigenvalue weighted by Gasteiger charge is 2.25. The number of carbonyl (C=O) groups is 1. The molecule has 0 saturated heterocycles.